The highest BCUT2D eigenvalue weighted by Crippen LogP contribution is 2.07. The zero-order chi connectivity index (χ0) is 16.4. The summed E-state index contributed by atoms with van der Waals surface area (Å²) in [6.45, 7) is 0.0933. The average Bonchev–Trinajstić information content (AvgIpc) is 2.53. The fourth-order valence-corrected chi connectivity index (χ4v) is 2.27. The van der Waals surface area contributed by atoms with E-state index in [0.717, 1.165) is 4.57 Å². The molecule has 0 bridgehead atoms. The van der Waals surface area contributed by atoms with Crippen LogP contribution in [0.1, 0.15) is 5.56 Å². The van der Waals surface area contributed by atoms with Crippen molar-refractivity contribution in [2.45, 2.75) is 6.54 Å². The number of rotatable bonds is 3. The van der Waals surface area contributed by atoms with E-state index in [2.05, 4.69) is 0 Å². The summed E-state index contributed by atoms with van der Waals surface area (Å²) < 4.78 is 28.5. The molecular formula is C17H12F2N2O2. The van der Waals surface area contributed by atoms with Gasteiger partial charge in [-0.2, -0.15) is 0 Å². The molecule has 3 aromatic rings. The quantitative estimate of drug-likeness (QED) is 0.697. The molecule has 1 aromatic heterocycles. The van der Waals surface area contributed by atoms with Gasteiger partial charge in [0.2, 0.25) is 0 Å². The third-order valence-electron chi connectivity index (χ3n) is 3.41. The van der Waals surface area contributed by atoms with Crippen LogP contribution in [0.2, 0.25) is 0 Å². The lowest BCUT2D eigenvalue weighted by Crippen LogP contribution is -2.40. The second-order valence-electron chi connectivity index (χ2n) is 5.01. The van der Waals surface area contributed by atoms with Crippen LogP contribution in [-0.4, -0.2) is 9.13 Å². The minimum absolute atomic E-state index is 0.0933. The minimum Gasteiger partial charge on any atom is -0.305 e. The molecule has 0 saturated carbocycles. The van der Waals surface area contributed by atoms with Gasteiger partial charge in [0.05, 0.1) is 6.54 Å². The maximum absolute atomic E-state index is 13.2. The SMILES string of the molecule is O=c1c(=O)n(-c2ccc(F)cc2)ccn1Cc1cccc(F)c1. The number of benzene rings is 2. The van der Waals surface area contributed by atoms with Gasteiger partial charge in [-0.1, -0.05) is 12.1 Å². The number of aromatic nitrogens is 2. The fourth-order valence-electron chi connectivity index (χ4n) is 2.27. The molecule has 116 valence electrons. The molecule has 0 aliphatic heterocycles. The van der Waals surface area contributed by atoms with Crippen LogP contribution in [0.5, 0.6) is 0 Å². The monoisotopic (exact) mass is 314 g/mol. The second-order valence-corrected chi connectivity index (χ2v) is 5.01. The average molecular weight is 314 g/mol. The highest BCUT2D eigenvalue weighted by atomic mass is 19.1. The van der Waals surface area contributed by atoms with Crippen LogP contribution in [0.15, 0.2) is 70.5 Å². The molecule has 1 heterocycles. The number of hydrogen-bond donors (Lipinski definition) is 0. The van der Waals surface area contributed by atoms with Crippen LogP contribution in [0.3, 0.4) is 0 Å². The minimum atomic E-state index is -0.754. The summed E-state index contributed by atoms with van der Waals surface area (Å²) in [6.07, 6.45) is 2.87. The Labute approximate surface area is 129 Å². The van der Waals surface area contributed by atoms with Gasteiger partial charge in [-0.3, -0.25) is 14.2 Å². The Morgan fingerprint density at radius 1 is 0.826 bits per heavy atom. The fraction of sp³-hybridized carbons (Fsp3) is 0.0588. The van der Waals surface area contributed by atoms with Gasteiger partial charge in [0, 0.05) is 18.1 Å². The van der Waals surface area contributed by atoms with Gasteiger partial charge in [0.15, 0.2) is 0 Å². The molecule has 0 aliphatic rings. The van der Waals surface area contributed by atoms with E-state index in [-0.39, 0.29) is 6.54 Å². The Bertz CT molecular complexity index is 959. The molecule has 4 nitrogen and oxygen atoms in total. The summed E-state index contributed by atoms with van der Waals surface area (Å²) in [5.41, 5.74) is -0.519. The Balaban J connectivity index is 1.99. The van der Waals surface area contributed by atoms with Gasteiger partial charge in [-0.15, -0.1) is 0 Å². The van der Waals surface area contributed by atoms with E-state index in [9.17, 15) is 18.4 Å². The lowest BCUT2D eigenvalue weighted by atomic mass is 10.2. The van der Waals surface area contributed by atoms with Gasteiger partial charge in [-0.25, -0.2) is 8.78 Å². The molecular weight excluding hydrogens is 302 g/mol. The maximum atomic E-state index is 13.2. The summed E-state index contributed by atoms with van der Waals surface area (Å²) in [7, 11) is 0. The summed E-state index contributed by atoms with van der Waals surface area (Å²) in [5, 5.41) is 0. The predicted molar refractivity (Wildman–Crippen MR) is 81.8 cm³/mol. The van der Waals surface area contributed by atoms with Crippen LogP contribution in [0.4, 0.5) is 8.78 Å². The van der Waals surface area contributed by atoms with Crippen molar-refractivity contribution in [3.05, 3.63) is 98.8 Å². The van der Waals surface area contributed by atoms with Crippen molar-refractivity contribution >= 4 is 0 Å². The molecule has 0 radical (unpaired) electrons. The molecule has 2 aromatic carbocycles. The first-order chi connectivity index (χ1) is 11.0. The third-order valence-corrected chi connectivity index (χ3v) is 3.41. The van der Waals surface area contributed by atoms with E-state index in [4.69, 9.17) is 0 Å². The first-order valence-corrected chi connectivity index (χ1v) is 6.87. The van der Waals surface area contributed by atoms with Crippen LogP contribution in [0.25, 0.3) is 5.69 Å². The Morgan fingerprint density at radius 3 is 2.26 bits per heavy atom. The molecule has 0 spiro atoms. The standard InChI is InChI=1S/C17H12F2N2O2/c18-13-4-6-15(7-5-13)21-9-8-20(16(22)17(21)23)11-12-2-1-3-14(19)10-12/h1-10H,11H2. The number of nitrogens with zero attached hydrogens (tertiary/aromatic N) is 2. The van der Waals surface area contributed by atoms with Crippen molar-refractivity contribution in [2.24, 2.45) is 0 Å². The van der Waals surface area contributed by atoms with Crippen LogP contribution < -0.4 is 11.1 Å². The highest BCUT2D eigenvalue weighted by molar-refractivity contribution is 5.31. The van der Waals surface area contributed by atoms with Crippen molar-refractivity contribution in [1.82, 2.24) is 9.13 Å². The van der Waals surface area contributed by atoms with Crippen LogP contribution in [-0.2, 0) is 6.54 Å². The van der Waals surface area contributed by atoms with Gasteiger partial charge in [0.1, 0.15) is 11.6 Å². The molecule has 0 N–H and O–H groups in total. The van der Waals surface area contributed by atoms with E-state index in [1.54, 1.807) is 6.07 Å². The van der Waals surface area contributed by atoms with E-state index >= 15 is 0 Å². The Morgan fingerprint density at radius 2 is 1.57 bits per heavy atom. The largest absolute Gasteiger partial charge is 0.320 e. The molecule has 23 heavy (non-hydrogen) atoms. The van der Waals surface area contributed by atoms with Crippen LogP contribution >= 0.6 is 0 Å². The summed E-state index contributed by atoms with van der Waals surface area (Å²) >= 11 is 0. The normalized spacial score (nSPS) is 10.7. The van der Waals surface area contributed by atoms with Crippen molar-refractivity contribution < 1.29 is 8.78 Å². The lowest BCUT2D eigenvalue weighted by Gasteiger charge is -2.09. The predicted octanol–water partition coefficient (Wildman–Crippen LogP) is 2.33. The third kappa shape index (κ3) is 3.11. The molecule has 0 amide bonds. The van der Waals surface area contributed by atoms with E-state index < -0.39 is 22.8 Å². The topological polar surface area (TPSA) is 44.0 Å². The van der Waals surface area contributed by atoms with Gasteiger partial charge >= 0.3 is 11.1 Å². The number of halogens is 2. The van der Waals surface area contributed by atoms with E-state index in [1.807, 2.05) is 0 Å². The molecule has 0 atom stereocenters. The molecule has 6 heteroatoms. The number of hydrogen-bond acceptors (Lipinski definition) is 2. The van der Waals surface area contributed by atoms with Crippen molar-refractivity contribution in [3.8, 4) is 5.69 Å². The van der Waals surface area contributed by atoms with Gasteiger partial charge < -0.3 is 4.57 Å². The van der Waals surface area contributed by atoms with Gasteiger partial charge in [0.25, 0.3) is 0 Å². The molecule has 0 unspecified atom stereocenters. The smallest absolute Gasteiger partial charge is 0.305 e. The van der Waals surface area contributed by atoms with Crippen LogP contribution in [0, 0.1) is 11.6 Å². The molecule has 0 aliphatic carbocycles. The van der Waals surface area contributed by atoms with Crippen molar-refractivity contribution in [2.75, 3.05) is 0 Å². The molecule has 0 fully saturated rings. The Kier molecular flexibility index (Phi) is 3.89. The van der Waals surface area contributed by atoms with Gasteiger partial charge in [-0.05, 0) is 42.0 Å². The van der Waals surface area contributed by atoms with Crippen molar-refractivity contribution in [3.63, 3.8) is 0 Å². The zero-order valence-electron chi connectivity index (χ0n) is 11.9. The molecule has 3 rings (SSSR count). The van der Waals surface area contributed by atoms with E-state index in [0.29, 0.717) is 11.3 Å². The van der Waals surface area contributed by atoms with Crippen molar-refractivity contribution in [1.29, 1.82) is 0 Å². The maximum Gasteiger partial charge on any atom is 0.320 e. The summed E-state index contributed by atoms with van der Waals surface area (Å²) in [5.74, 6) is -0.837. The lowest BCUT2D eigenvalue weighted by molar-refractivity contribution is 0.621. The summed E-state index contributed by atoms with van der Waals surface area (Å²) in [4.78, 5) is 24.4. The first kappa shape index (κ1) is 14.9. The molecule has 0 saturated heterocycles. The second kappa shape index (κ2) is 6.00. The Hall–Kier alpha value is -3.02. The van der Waals surface area contributed by atoms with E-state index in [1.165, 1.54) is 59.4 Å². The highest BCUT2D eigenvalue weighted by Gasteiger charge is 2.07. The first-order valence-electron chi connectivity index (χ1n) is 6.87. The zero-order valence-corrected chi connectivity index (χ0v) is 11.9. The summed E-state index contributed by atoms with van der Waals surface area (Å²) in [6, 6.07) is 11.0.